The Morgan fingerprint density at radius 3 is 2.48 bits per heavy atom. The average Bonchev–Trinajstić information content (AvgIpc) is 2.80. The third kappa shape index (κ3) is 6.15. The second kappa shape index (κ2) is 10.6. The first-order valence-corrected chi connectivity index (χ1v) is 13.0. The predicted octanol–water partition coefficient (Wildman–Crippen LogP) is 6.18. The molecule has 2 fully saturated rings. The molecule has 2 aromatic carbocycles. The highest BCUT2D eigenvalue weighted by Gasteiger charge is 2.44. The Labute approximate surface area is 200 Å². The van der Waals surface area contributed by atoms with Crippen molar-refractivity contribution in [3.8, 4) is 11.1 Å². The molecule has 3 nitrogen and oxygen atoms in total. The smallest absolute Gasteiger partial charge is 0.249 e. The molecular weight excluding hydrogens is 438 g/mol. The van der Waals surface area contributed by atoms with E-state index in [1.165, 1.54) is 37.2 Å². The van der Waals surface area contributed by atoms with Crippen molar-refractivity contribution in [3.63, 3.8) is 0 Å². The molecule has 0 bridgehead atoms. The third-order valence-electron chi connectivity index (χ3n) is 7.35. The molecule has 1 amide bonds. The van der Waals surface area contributed by atoms with Crippen LogP contribution in [0.1, 0.15) is 50.0 Å². The van der Waals surface area contributed by atoms with E-state index in [0.717, 1.165) is 28.4 Å². The Balaban J connectivity index is 1.44. The van der Waals surface area contributed by atoms with E-state index in [1.807, 2.05) is 36.0 Å². The molecule has 1 saturated carbocycles. The number of amides is 1. The molecular formula is C27H34F2N2OS. The Hall–Kier alpha value is -1.92. The number of hydrogen-bond acceptors (Lipinski definition) is 3. The summed E-state index contributed by atoms with van der Waals surface area (Å²) in [5, 5.41) is 0. The molecule has 1 aliphatic heterocycles. The molecule has 1 heterocycles. The fourth-order valence-electron chi connectivity index (χ4n) is 5.31. The van der Waals surface area contributed by atoms with Gasteiger partial charge in [-0.05, 0) is 92.2 Å². The third-order valence-corrected chi connectivity index (χ3v) is 8.39. The number of carbonyl (C=O) groups is 1. The minimum atomic E-state index is -2.82. The van der Waals surface area contributed by atoms with Gasteiger partial charge in [0.25, 0.3) is 0 Å². The second-order valence-corrected chi connectivity index (χ2v) is 10.9. The van der Waals surface area contributed by atoms with Crippen LogP contribution in [-0.2, 0) is 4.79 Å². The number of alkyl halides is 2. The maximum absolute atomic E-state index is 14.0. The summed E-state index contributed by atoms with van der Waals surface area (Å²) in [5.74, 6) is -2.61. The van der Waals surface area contributed by atoms with Crippen LogP contribution in [0.3, 0.4) is 0 Å². The molecule has 6 heteroatoms. The summed E-state index contributed by atoms with van der Waals surface area (Å²) < 4.78 is 28.0. The standard InChI is InChI=1S/C27H34F2N2OS/c1-31-15-11-19(12-16-31)13-17-33-21-8-6-20(7-9-21)22-4-2-3-5-23(22)24-10-14-27(28,29)18-25(24)26(30)32/h2-9,19,24-25H,10-18H2,1H3,(H2,30,32). The molecule has 2 atom stereocenters. The van der Waals surface area contributed by atoms with E-state index in [1.54, 1.807) is 0 Å². The van der Waals surface area contributed by atoms with Crippen molar-refractivity contribution in [2.75, 3.05) is 25.9 Å². The Morgan fingerprint density at radius 2 is 1.79 bits per heavy atom. The summed E-state index contributed by atoms with van der Waals surface area (Å²) in [6, 6.07) is 16.3. The first-order valence-electron chi connectivity index (χ1n) is 12.0. The van der Waals surface area contributed by atoms with Crippen LogP contribution in [0, 0.1) is 11.8 Å². The van der Waals surface area contributed by atoms with Crippen LogP contribution >= 0.6 is 11.8 Å². The van der Waals surface area contributed by atoms with Gasteiger partial charge in [0.2, 0.25) is 11.8 Å². The van der Waals surface area contributed by atoms with Crippen molar-refractivity contribution >= 4 is 17.7 Å². The molecule has 2 N–H and O–H groups in total. The van der Waals surface area contributed by atoms with Gasteiger partial charge in [-0.2, -0.15) is 0 Å². The van der Waals surface area contributed by atoms with Gasteiger partial charge in [-0.1, -0.05) is 36.4 Å². The molecule has 0 spiro atoms. The normalized spacial score (nSPS) is 24.0. The van der Waals surface area contributed by atoms with Crippen LogP contribution in [0.2, 0.25) is 0 Å². The quantitative estimate of drug-likeness (QED) is 0.489. The number of halogens is 2. The van der Waals surface area contributed by atoms with E-state index in [-0.39, 0.29) is 18.8 Å². The SMILES string of the molecule is CN1CCC(CCSc2ccc(-c3ccccc3C3CCC(F)(F)CC3C(N)=O)cc2)CC1. The van der Waals surface area contributed by atoms with Crippen LogP contribution in [0.5, 0.6) is 0 Å². The molecule has 2 aromatic rings. The van der Waals surface area contributed by atoms with Crippen LogP contribution in [0.25, 0.3) is 11.1 Å². The number of nitrogens with zero attached hydrogens (tertiary/aromatic N) is 1. The fraction of sp³-hybridized carbons (Fsp3) is 0.519. The number of benzene rings is 2. The maximum Gasteiger partial charge on any atom is 0.249 e. The molecule has 1 aliphatic carbocycles. The van der Waals surface area contributed by atoms with E-state index < -0.39 is 24.2 Å². The molecule has 178 valence electrons. The van der Waals surface area contributed by atoms with Crippen LogP contribution in [0.4, 0.5) is 8.78 Å². The Bertz CT molecular complexity index is 941. The zero-order valence-electron chi connectivity index (χ0n) is 19.3. The van der Waals surface area contributed by atoms with Gasteiger partial charge in [0.15, 0.2) is 0 Å². The lowest BCUT2D eigenvalue weighted by molar-refractivity contribution is -0.130. The first kappa shape index (κ1) is 24.2. The van der Waals surface area contributed by atoms with E-state index in [4.69, 9.17) is 5.73 Å². The van der Waals surface area contributed by atoms with E-state index >= 15 is 0 Å². The number of hydrogen-bond donors (Lipinski definition) is 1. The molecule has 4 rings (SSSR count). The van der Waals surface area contributed by atoms with E-state index in [2.05, 4.69) is 36.2 Å². The number of primary amides is 1. The van der Waals surface area contributed by atoms with Crippen LogP contribution in [-0.4, -0.2) is 42.6 Å². The summed E-state index contributed by atoms with van der Waals surface area (Å²) in [6.45, 7) is 2.41. The van der Waals surface area contributed by atoms with Gasteiger partial charge < -0.3 is 10.6 Å². The number of nitrogens with two attached hydrogens (primary N) is 1. The molecule has 33 heavy (non-hydrogen) atoms. The van der Waals surface area contributed by atoms with Crippen molar-refractivity contribution < 1.29 is 13.6 Å². The number of likely N-dealkylation sites (tertiary alicyclic amines) is 1. The van der Waals surface area contributed by atoms with Crippen LogP contribution < -0.4 is 5.73 Å². The largest absolute Gasteiger partial charge is 0.369 e. The summed E-state index contributed by atoms with van der Waals surface area (Å²) in [7, 11) is 2.20. The van der Waals surface area contributed by atoms with Crippen molar-refractivity contribution in [2.24, 2.45) is 17.6 Å². The predicted molar refractivity (Wildman–Crippen MR) is 132 cm³/mol. The Kier molecular flexibility index (Phi) is 7.75. The summed E-state index contributed by atoms with van der Waals surface area (Å²) in [5.41, 5.74) is 8.55. The van der Waals surface area contributed by atoms with Gasteiger partial charge in [-0.15, -0.1) is 11.8 Å². The van der Waals surface area contributed by atoms with Gasteiger partial charge in [-0.25, -0.2) is 8.78 Å². The zero-order chi connectivity index (χ0) is 23.4. The number of piperidine rings is 1. The minimum absolute atomic E-state index is 0.206. The maximum atomic E-state index is 14.0. The Morgan fingerprint density at radius 1 is 1.09 bits per heavy atom. The average molecular weight is 473 g/mol. The zero-order valence-corrected chi connectivity index (χ0v) is 20.1. The summed E-state index contributed by atoms with van der Waals surface area (Å²) in [6.07, 6.45) is 3.45. The highest BCUT2D eigenvalue weighted by atomic mass is 32.2. The highest BCUT2D eigenvalue weighted by molar-refractivity contribution is 7.99. The van der Waals surface area contributed by atoms with Gasteiger partial charge in [0.1, 0.15) is 0 Å². The van der Waals surface area contributed by atoms with Crippen molar-refractivity contribution in [1.29, 1.82) is 0 Å². The lowest BCUT2D eigenvalue weighted by Crippen LogP contribution is -2.39. The van der Waals surface area contributed by atoms with E-state index in [0.29, 0.717) is 0 Å². The van der Waals surface area contributed by atoms with Gasteiger partial charge >= 0.3 is 0 Å². The van der Waals surface area contributed by atoms with Gasteiger partial charge in [0, 0.05) is 17.7 Å². The lowest BCUT2D eigenvalue weighted by Gasteiger charge is -2.35. The summed E-state index contributed by atoms with van der Waals surface area (Å²) >= 11 is 1.90. The first-order chi connectivity index (χ1) is 15.8. The van der Waals surface area contributed by atoms with Crippen LogP contribution in [0.15, 0.2) is 53.4 Å². The number of thioether (sulfide) groups is 1. The van der Waals surface area contributed by atoms with E-state index in [9.17, 15) is 13.6 Å². The minimum Gasteiger partial charge on any atom is -0.369 e. The second-order valence-electron chi connectivity index (χ2n) is 9.71. The number of rotatable bonds is 7. The molecule has 1 saturated heterocycles. The molecule has 2 unspecified atom stereocenters. The fourth-order valence-corrected chi connectivity index (χ4v) is 6.33. The molecule has 0 radical (unpaired) electrons. The topological polar surface area (TPSA) is 46.3 Å². The highest BCUT2D eigenvalue weighted by Crippen LogP contribution is 2.47. The van der Waals surface area contributed by atoms with Crippen molar-refractivity contribution in [2.45, 2.75) is 55.3 Å². The molecule has 0 aromatic heterocycles. The molecule has 2 aliphatic rings. The van der Waals surface area contributed by atoms with Crippen molar-refractivity contribution in [1.82, 2.24) is 4.90 Å². The summed E-state index contributed by atoms with van der Waals surface area (Å²) in [4.78, 5) is 15.7. The van der Waals surface area contributed by atoms with Gasteiger partial charge in [-0.3, -0.25) is 4.79 Å². The van der Waals surface area contributed by atoms with Gasteiger partial charge in [0.05, 0.1) is 5.92 Å². The number of carbonyl (C=O) groups excluding carboxylic acids is 1. The lowest BCUT2D eigenvalue weighted by atomic mass is 9.72. The monoisotopic (exact) mass is 472 g/mol. The van der Waals surface area contributed by atoms with Crippen molar-refractivity contribution in [3.05, 3.63) is 54.1 Å².